The number of pyridine rings is 1. The molecule has 246 valence electrons. The first-order valence-electron chi connectivity index (χ1n) is 16.9. The summed E-state index contributed by atoms with van der Waals surface area (Å²) in [4.78, 5) is 17.3. The fourth-order valence-corrected chi connectivity index (χ4v) is 8.51. The number of rotatable bonds is 2. The van der Waals surface area contributed by atoms with Gasteiger partial charge < -0.3 is 30.7 Å². The monoisotopic (exact) mass is 826 g/mol. The fraction of sp³-hybridized carbons (Fsp3) is 0. The first-order chi connectivity index (χ1) is 25.4. The summed E-state index contributed by atoms with van der Waals surface area (Å²) in [5.41, 5.74) is 2.23. The maximum Gasteiger partial charge on any atom is 1.00 e. The molecule has 0 radical (unpaired) electrons. The number of aromatic nitrogens is 1. The second-order valence-corrected chi connectivity index (χ2v) is 13.5. The average Bonchev–Trinajstić information content (AvgIpc) is 3.18. The van der Waals surface area contributed by atoms with Gasteiger partial charge in [-0.05, 0) is 88.9 Å². The maximum absolute atomic E-state index is 14.3. The maximum atomic E-state index is 14.3. The molecule has 0 saturated heterocycles. The molecule has 1 heterocycles. The minimum absolute atomic E-state index is 0. The zero-order valence-electron chi connectivity index (χ0n) is 31.1. The molecule has 10 aromatic carbocycles. The van der Waals surface area contributed by atoms with Crippen LogP contribution >= 0.6 is 0 Å². The van der Waals surface area contributed by atoms with Gasteiger partial charge in [0.05, 0.1) is 10.9 Å². The van der Waals surface area contributed by atoms with Crippen molar-refractivity contribution in [2.45, 2.75) is 0 Å². The Morgan fingerprint density at radius 3 is 1.61 bits per heavy atom. The van der Waals surface area contributed by atoms with Crippen molar-refractivity contribution in [1.82, 2.24) is 4.98 Å². The number of H-pyrrole nitrogens is 1. The SMILES string of the molecule is O=c1c2ccccc2c([O-])c2ccc3c4ccc5c([O-])c6cc(Nc7cccc8c([O-])c9ccccc9c([O-])c78)ccc6c6ccc([nH]c3c12)c4c56.[K+].[K+].[K+].[K+]. The predicted molar refractivity (Wildman–Crippen MR) is 203 cm³/mol. The van der Waals surface area contributed by atoms with Gasteiger partial charge in [0, 0.05) is 33.1 Å². The van der Waals surface area contributed by atoms with Crippen LogP contribution in [0.3, 0.4) is 0 Å². The molecule has 0 fully saturated rings. The van der Waals surface area contributed by atoms with E-state index in [-0.39, 0.29) is 234 Å². The van der Waals surface area contributed by atoms with Crippen LogP contribution in [0.25, 0.3) is 97.2 Å². The second-order valence-electron chi connectivity index (χ2n) is 13.5. The molecule has 7 nitrogen and oxygen atoms in total. The van der Waals surface area contributed by atoms with Gasteiger partial charge in [0.1, 0.15) is 0 Å². The number of nitrogens with one attached hydrogen (secondary N) is 2. The zero-order valence-corrected chi connectivity index (χ0v) is 43.6. The van der Waals surface area contributed by atoms with Crippen LogP contribution in [-0.4, -0.2) is 4.98 Å². The molecule has 0 aliphatic rings. The summed E-state index contributed by atoms with van der Waals surface area (Å²) in [5.74, 6) is -0.751. The largest absolute Gasteiger partial charge is 1.00 e. The third-order valence-electron chi connectivity index (χ3n) is 10.8. The van der Waals surface area contributed by atoms with Crippen molar-refractivity contribution in [3.8, 4) is 23.0 Å². The fourth-order valence-electron chi connectivity index (χ4n) is 8.51. The van der Waals surface area contributed by atoms with Crippen LogP contribution in [0.5, 0.6) is 23.0 Å². The van der Waals surface area contributed by atoms with E-state index in [0.29, 0.717) is 70.8 Å². The molecule has 11 heteroatoms. The van der Waals surface area contributed by atoms with Gasteiger partial charge in [-0.3, -0.25) is 4.79 Å². The molecule has 0 bridgehead atoms. The van der Waals surface area contributed by atoms with E-state index in [9.17, 15) is 25.2 Å². The minimum atomic E-state index is -0.229. The van der Waals surface area contributed by atoms with Crippen molar-refractivity contribution < 1.29 is 226 Å². The summed E-state index contributed by atoms with van der Waals surface area (Å²) in [5, 5.41) is 67.1. The summed E-state index contributed by atoms with van der Waals surface area (Å²) in [6.45, 7) is 0. The van der Waals surface area contributed by atoms with Gasteiger partial charge in [-0.1, -0.05) is 120 Å². The third-order valence-corrected chi connectivity index (χ3v) is 10.8. The molecular weight excluding hydrogens is 805 g/mol. The van der Waals surface area contributed by atoms with Crippen molar-refractivity contribution in [1.29, 1.82) is 0 Å². The first kappa shape index (κ1) is 43.4. The molecule has 56 heavy (non-hydrogen) atoms. The molecule has 11 aromatic rings. The average molecular weight is 827 g/mol. The van der Waals surface area contributed by atoms with Crippen LogP contribution in [0.15, 0.2) is 126 Å². The van der Waals surface area contributed by atoms with Crippen molar-refractivity contribution in [2.24, 2.45) is 0 Å². The van der Waals surface area contributed by atoms with Gasteiger partial charge in [-0.2, -0.15) is 0 Å². The normalized spacial score (nSPS) is 11.4. The Morgan fingerprint density at radius 1 is 0.393 bits per heavy atom. The van der Waals surface area contributed by atoms with Crippen molar-refractivity contribution in [3.63, 3.8) is 0 Å². The van der Waals surface area contributed by atoms with Gasteiger partial charge in [-0.15, -0.1) is 0 Å². The Labute approximate surface area is 488 Å². The van der Waals surface area contributed by atoms with Gasteiger partial charge in [0.2, 0.25) is 0 Å². The van der Waals surface area contributed by atoms with Crippen LogP contribution in [0.4, 0.5) is 11.4 Å². The molecule has 11 rings (SSSR count). The molecule has 0 saturated carbocycles. The number of benzene rings is 10. The van der Waals surface area contributed by atoms with Gasteiger partial charge in [0.25, 0.3) is 0 Å². The molecule has 0 atom stereocenters. The van der Waals surface area contributed by atoms with Crippen LogP contribution in [0.2, 0.25) is 0 Å². The van der Waals surface area contributed by atoms with E-state index in [1.54, 1.807) is 78.9 Å². The van der Waals surface area contributed by atoms with Gasteiger partial charge >= 0.3 is 206 Å². The molecule has 1 aromatic heterocycles. The summed E-state index contributed by atoms with van der Waals surface area (Å²) in [6.07, 6.45) is 0. The Morgan fingerprint density at radius 2 is 0.893 bits per heavy atom. The van der Waals surface area contributed by atoms with E-state index in [1.807, 2.05) is 42.5 Å². The summed E-state index contributed by atoms with van der Waals surface area (Å²) in [7, 11) is 0. The quantitative estimate of drug-likeness (QED) is 0.105. The predicted octanol–water partition coefficient (Wildman–Crippen LogP) is -3.75. The van der Waals surface area contributed by atoms with Crippen LogP contribution in [-0.2, 0) is 0 Å². The minimum Gasteiger partial charge on any atom is -0.872 e. The van der Waals surface area contributed by atoms with Crippen LogP contribution < -0.4 is 237 Å². The van der Waals surface area contributed by atoms with Crippen LogP contribution in [0, 0.1) is 0 Å². The zero-order chi connectivity index (χ0) is 35.0. The number of hydrogen-bond donors (Lipinski definition) is 2. The van der Waals surface area contributed by atoms with Crippen molar-refractivity contribution in [2.75, 3.05) is 5.32 Å². The Balaban J connectivity index is 0.00000120. The molecule has 0 aliphatic heterocycles. The van der Waals surface area contributed by atoms with E-state index in [1.165, 1.54) is 0 Å². The molecule has 0 spiro atoms. The van der Waals surface area contributed by atoms with Crippen molar-refractivity contribution >= 4 is 109 Å². The van der Waals surface area contributed by atoms with E-state index in [2.05, 4.69) is 10.3 Å². The summed E-state index contributed by atoms with van der Waals surface area (Å²) in [6, 6.07) is 35.8. The Bertz CT molecular complexity index is 3480. The summed E-state index contributed by atoms with van der Waals surface area (Å²) >= 11 is 0. The smallest absolute Gasteiger partial charge is 0.872 e. The van der Waals surface area contributed by atoms with Gasteiger partial charge in [0.15, 0.2) is 5.43 Å². The molecule has 0 amide bonds. The Kier molecular flexibility index (Phi) is 12.9. The van der Waals surface area contributed by atoms with E-state index < -0.39 is 0 Å². The summed E-state index contributed by atoms with van der Waals surface area (Å²) < 4.78 is 0. The van der Waals surface area contributed by atoms with E-state index >= 15 is 0 Å². The van der Waals surface area contributed by atoms with E-state index in [4.69, 9.17) is 0 Å². The number of fused-ring (bicyclic) bond motifs is 9. The first-order valence-corrected chi connectivity index (χ1v) is 16.9. The second kappa shape index (κ2) is 16.6. The number of aromatic amines is 1. The number of hydrogen-bond acceptors (Lipinski definition) is 6. The Hall–Kier alpha value is -0.705. The van der Waals surface area contributed by atoms with Crippen LogP contribution in [0.1, 0.15) is 0 Å². The third kappa shape index (κ3) is 6.37. The molecule has 0 unspecified atom stereocenters. The van der Waals surface area contributed by atoms with E-state index in [0.717, 1.165) is 37.8 Å². The molecule has 2 N–H and O–H groups in total. The topological polar surface area (TPSA) is 137 Å². The molecular formula is C45H22K4N2O5. The number of anilines is 2. The standard InChI is InChI=1S/C45H26N2O5.4K/c48-41-26-6-1-3-8-28(26)44(51)38-30(41)10-5-11-34(38)46-21-12-13-22-23-18-19-35-37-24(14-16-31(36(23)37)43(50)33(22)20-21)25-15-17-32-39(40(25)47-35)45(52)29-9-4-2-7-27(29)42(32)49;;;;/h1-20,46-51H;;;;/q;4*+1/p-4. The molecule has 0 aliphatic carbocycles. The van der Waals surface area contributed by atoms with Gasteiger partial charge in [-0.25, -0.2) is 0 Å². The van der Waals surface area contributed by atoms with Crippen molar-refractivity contribution in [3.05, 3.63) is 132 Å².